The number of hydrogen-bond donors (Lipinski definition) is 1. The quantitative estimate of drug-likeness (QED) is 0.747. The summed E-state index contributed by atoms with van der Waals surface area (Å²) < 4.78 is 54.0. The van der Waals surface area contributed by atoms with Crippen LogP contribution < -0.4 is 5.32 Å². The first kappa shape index (κ1) is 20.0. The van der Waals surface area contributed by atoms with E-state index in [0.29, 0.717) is 25.7 Å². The van der Waals surface area contributed by atoms with Gasteiger partial charge in [-0.25, -0.2) is 8.78 Å². The fourth-order valence-corrected chi connectivity index (χ4v) is 3.55. The van der Waals surface area contributed by atoms with E-state index in [2.05, 4.69) is 10.3 Å². The number of halogens is 3. The molecule has 1 saturated carbocycles. The highest BCUT2D eigenvalue weighted by Gasteiger charge is 2.28. The Bertz CT molecular complexity index is 722. The third-order valence-electron chi connectivity index (χ3n) is 3.98. The first-order chi connectivity index (χ1) is 11.7. The van der Waals surface area contributed by atoms with E-state index in [1.165, 1.54) is 6.92 Å². The predicted octanol–water partition coefficient (Wildman–Crippen LogP) is 3.08. The van der Waals surface area contributed by atoms with Gasteiger partial charge in [0.25, 0.3) is 22.5 Å². The number of rotatable bonds is 6. The second kappa shape index (κ2) is 8.37. The summed E-state index contributed by atoms with van der Waals surface area (Å²) in [6.45, 7) is 1.50. The van der Waals surface area contributed by atoms with E-state index >= 15 is 0 Å². The van der Waals surface area contributed by atoms with Crippen molar-refractivity contribution in [2.24, 2.45) is 0 Å². The number of carbonyl (C=O) groups excluding carboxylic acids is 1. The molecule has 0 aliphatic heterocycles. The number of hydrogen-bond acceptors (Lipinski definition) is 5. The van der Waals surface area contributed by atoms with Crippen molar-refractivity contribution in [2.75, 3.05) is 5.75 Å². The van der Waals surface area contributed by atoms with E-state index in [4.69, 9.17) is 15.8 Å². The van der Waals surface area contributed by atoms with Crippen LogP contribution in [0.15, 0.2) is 12.3 Å². The lowest BCUT2D eigenvalue weighted by molar-refractivity contribution is 0.0882. The number of amides is 1. The van der Waals surface area contributed by atoms with Gasteiger partial charge in [0.05, 0.1) is 22.4 Å². The largest absolute Gasteiger partial charge is 0.349 e. The van der Waals surface area contributed by atoms with E-state index in [9.17, 15) is 22.0 Å². The fourth-order valence-electron chi connectivity index (χ4n) is 2.65. The van der Waals surface area contributed by atoms with Crippen LogP contribution in [0, 0.1) is 0 Å². The van der Waals surface area contributed by atoms with Crippen LogP contribution in [0.4, 0.5) is 8.78 Å². The summed E-state index contributed by atoms with van der Waals surface area (Å²) in [7, 11) is -3.52. The third-order valence-corrected chi connectivity index (χ3v) is 5.46. The van der Waals surface area contributed by atoms with Gasteiger partial charge in [-0.3, -0.25) is 14.0 Å². The molecule has 1 aromatic heterocycles. The van der Waals surface area contributed by atoms with E-state index in [1.54, 1.807) is 0 Å². The summed E-state index contributed by atoms with van der Waals surface area (Å²) in [6.07, 6.45) is -0.332. The summed E-state index contributed by atoms with van der Waals surface area (Å²) in [5.74, 6) is -0.766. The highest BCUT2D eigenvalue weighted by Crippen LogP contribution is 2.26. The van der Waals surface area contributed by atoms with Crippen LogP contribution in [0.2, 0.25) is 5.02 Å². The van der Waals surface area contributed by atoms with Gasteiger partial charge < -0.3 is 5.32 Å². The number of aromatic nitrogens is 1. The molecule has 10 heteroatoms. The molecule has 1 aromatic rings. The normalized spacial score (nSPS) is 21.3. The fraction of sp³-hybridized carbons (Fsp3) is 0.600. The summed E-state index contributed by atoms with van der Waals surface area (Å²) in [4.78, 5) is 15.8. The number of pyridine rings is 1. The van der Waals surface area contributed by atoms with Crippen molar-refractivity contribution in [3.05, 3.63) is 28.5 Å². The lowest BCUT2D eigenvalue weighted by Crippen LogP contribution is -2.40. The summed E-state index contributed by atoms with van der Waals surface area (Å²) in [5, 5.41) is 2.77. The molecule has 0 atom stereocenters. The third kappa shape index (κ3) is 5.58. The van der Waals surface area contributed by atoms with Crippen LogP contribution in [0.5, 0.6) is 0 Å². The second-order valence-electron chi connectivity index (χ2n) is 5.78. The molecule has 1 heterocycles. The average molecular weight is 397 g/mol. The molecule has 0 saturated heterocycles. The van der Waals surface area contributed by atoms with Crippen molar-refractivity contribution in [3.8, 4) is 0 Å². The maximum Gasteiger partial charge on any atom is 0.281 e. The first-order valence-electron chi connectivity index (χ1n) is 7.87. The molecule has 2 rings (SSSR count). The van der Waals surface area contributed by atoms with E-state index in [-0.39, 0.29) is 22.4 Å². The monoisotopic (exact) mass is 396 g/mol. The van der Waals surface area contributed by atoms with E-state index in [0.717, 1.165) is 12.3 Å². The molecule has 0 spiro atoms. The molecule has 0 bridgehead atoms. The Balaban J connectivity index is 1.96. The van der Waals surface area contributed by atoms with E-state index < -0.39 is 34.2 Å². The van der Waals surface area contributed by atoms with Crippen molar-refractivity contribution >= 4 is 27.6 Å². The minimum Gasteiger partial charge on any atom is -0.349 e. The van der Waals surface area contributed by atoms with E-state index in [1.807, 2.05) is 0 Å². The van der Waals surface area contributed by atoms with Crippen LogP contribution in [0.3, 0.4) is 0 Å². The van der Waals surface area contributed by atoms with Crippen LogP contribution in [0.1, 0.15) is 55.1 Å². The number of carbonyl (C=O) groups is 1. The minimum absolute atomic E-state index is 0.0939. The summed E-state index contributed by atoms with van der Waals surface area (Å²) in [6, 6.07) is 0.912. The van der Waals surface area contributed by atoms with Crippen LogP contribution in [-0.2, 0) is 14.3 Å². The van der Waals surface area contributed by atoms with Gasteiger partial charge >= 0.3 is 0 Å². The lowest BCUT2D eigenvalue weighted by atomic mass is 9.93. The molecule has 0 radical (unpaired) electrons. The molecular formula is C15H19ClF2N2O4S. The Kier molecular flexibility index (Phi) is 6.70. The molecule has 1 aliphatic carbocycles. The second-order valence-corrected chi connectivity index (χ2v) is 8.10. The van der Waals surface area contributed by atoms with Gasteiger partial charge in [-0.15, -0.1) is 0 Å². The summed E-state index contributed by atoms with van der Waals surface area (Å²) >= 11 is 5.74. The standard InChI is InChI=1S/C15H19ClF2N2O4S/c1-2-25(22,23)24-11-5-3-10(4-6-11)20-15(21)12-7-9(16)8-19-13(12)14(17)18/h7-8,10-11,14H,2-6H2,1H3,(H,20,21)/t10-,11-. The van der Waals surface area contributed by atoms with Crippen molar-refractivity contribution in [2.45, 2.75) is 51.2 Å². The zero-order valence-corrected chi connectivity index (χ0v) is 15.1. The molecule has 6 nitrogen and oxygen atoms in total. The molecule has 0 unspecified atom stereocenters. The topological polar surface area (TPSA) is 85.4 Å². The smallest absolute Gasteiger partial charge is 0.281 e. The molecule has 1 N–H and O–H groups in total. The molecule has 0 aromatic carbocycles. The SMILES string of the molecule is CCS(=O)(=O)O[C@H]1CC[C@H](NC(=O)c2cc(Cl)cnc2C(F)F)CC1. The predicted molar refractivity (Wildman–Crippen MR) is 88.3 cm³/mol. The van der Waals surface area contributed by atoms with Crippen molar-refractivity contribution in [1.29, 1.82) is 0 Å². The molecule has 1 aliphatic rings. The first-order valence-corrected chi connectivity index (χ1v) is 9.82. The number of nitrogens with zero attached hydrogens (tertiary/aromatic N) is 1. The number of alkyl halides is 2. The van der Waals surface area contributed by atoms with Gasteiger partial charge in [0, 0.05) is 12.2 Å². The number of nitrogens with one attached hydrogen (secondary N) is 1. The molecular weight excluding hydrogens is 378 g/mol. The maximum atomic E-state index is 13.0. The van der Waals surface area contributed by atoms with Crippen molar-refractivity contribution in [1.82, 2.24) is 10.3 Å². The molecule has 1 fully saturated rings. The highest BCUT2D eigenvalue weighted by atomic mass is 35.5. The van der Waals surface area contributed by atoms with Crippen LogP contribution in [0.25, 0.3) is 0 Å². The Labute approximate surface area is 150 Å². The Hall–Kier alpha value is -1.32. The lowest BCUT2D eigenvalue weighted by Gasteiger charge is -2.28. The maximum absolute atomic E-state index is 13.0. The summed E-state index contributed by atoms with van der Waals surface area (Å²) in [5.41, 5.74) is -0.873. The Morgan fingerprint density at radius 3 is 2.60 bits per heavy atom. The average Bonchev–Trinajstić information content (AvgIpc) is 2.56. The zero-order chi connectivity index (χ0) is 18.6. The van der Waals surface area contributed by atoms with Crippen molar-refractivity contribution in [3.63, 3.8) is 0 Å². The van der Waals surface area contributed by atoms with Gasteiger partial charge in [-0.2, -0.15) is 8.42 Å². The van der Waals surface area contributed by atoms with Gasteiger partial charge in [-0.05, 0) is 38.7 Å². The van der Waals surface area contributed by atoms with Gasteiger partial charge in [0.15, 0.2) is 0 Å². The molecule has 140 valence electrons. The van der Waals surface area contributed by atoms with Gasteiger partial charge in [-0.1, -0.05) is 11.6 Å². The highest BCUT2D eigenvalue weighted by molar-refractivity contribution is 7.86. The molecule has 1 amide bonds. The van der Waals surface area contributed by atoms with Crippen molar-refractivity contribution < 1.29 is 26.2 Å². The Morgan fingerprint density at radius 2 is 2.04 bits per heavy atom. The van der Waals surface area contributed by atoms with Crippen LogP contribution >= 0.6 is 11.6 Å². The van der Waals surface area contributed by atoms with Crippen LogP contribution in [-0.4, -0.2) is 37.2 Å². The van der Waals surface area contributed by atoms with Gasteiger partial charge in [0.2, 0.25) is 0 Å². The molecule has 25 heavy (non-hydrogen) atoms. The zero-order valence-electron chi connectivity index (χ0n) is 13.5. The Morgan fingerprint density at radius 1 is 1.40 bits per heavy atom. The minimum atomic E-state index is -3.52. The van der Waals surface area contributed by atoms with Gasteiger partial charge in [0.1, 0.15) is 5.69 Å².